The lowest BCUT2D eigenvalue weighted by molar-refractivity contribution is 0.0614. The highest BCUT2D eigenvalue weighted by Gasteiger charge is 2.33. The van der Waals surface area contributed by atoms with Gasteiger partial charge in [-0.25, -0.2) is 0 Å². The SMILES string of the molecule is CCN(C(=O)c1cc2ncccc2[nH]1)C1CCCC(NC(C)(C)c2ccc(OC)cc2)C1. The molecule has 6 nitrogen and oxygen atoms in total. The molecule has 1 amide bonds. The fraction of sp³-hybridized carbons (Fsp3) is 0.462. The number of rotatable bonds is 7. The topological polar surface area (TPSA) is 70.2 Å². The van der Waals surface area contributed by atoms with Crippen LogP contribution >= 0.6 is 0 Å². The average Bonchev–Trinajstić information content (AvgIpc) is 3.24. The summed E-state index contributed by atoms with van der Waals surface area (Å²) in [5.74, 6) is 0.928. The Morgan fingerprint density at radius 2 is 2.03 bits per heavy atom. The number of carbonyl (C=O) groups excluding carboxylic acids is 1. The van der Waals surface area contributed by atoms with Crippen LogP contribution in [0.5, 0.6) is 5.75 Å². The van der Waals surface area contributed by atoms with Crippen LogP contribution in [0.3, 0.4) is 0 Å². The van der Waals surface area contributed by atoms with Crippen molar-refractivity contribution in [2.45, 2.75) is 64.1 Å². The van der Waals surface area contributed by atoms with E-state index >= 15 is 0 Å². The number of amides is 1. The van der Waals surface area contributed by atoms with Crippen molar-refractivity contribution in [1.29, 1.82) is 0 Å². The van der Waals surface area contributed by atoms with Crippen LogP contribution in [0.1, 0.15) is 62.5 Å². The molecule has 1 aliphatic rings. The Hall–Kier alpha value is -2.86. The second-order valence-corrected chi connectivity index (χ2v) is 9.23. The van der Waals surface area contributed by atoms with Crippen molar-refractivity contribution in [3.8, 4) is 5.75 Å². The molecule has 0 saturated heterocycles. The normalized spacial score (nSPS) is 19.1. The zero-order chi connectivity index (χ0) is 22.7. The highest BCUT2D eigenvalue weighted by molar-refractivity contribution is 5.97. The average molecular weight is 435 g/mol. The van der Waals surface area contributed by atoms with Gasteiger partial charge in [0.25, 0.3) is 5.91 Å². The van der Waals surface area contributed by atoms with Crippen LogP contribution in [0.25, 0.3) is 11.0 Å². The Balaban J connectivity index is 1.46. The number of pyridine rings is 1. The summed E-state index contributed by atoms with van der Waals surface area (Å²) in [4.78, 5) is 23.0. The summed E-state index contributed by atoms with van der Waals surface area (Å²) < 4.78 is 5.30. The maximum atomic E-state index is 13.4. The van der Waals surface area contributed by atoms with Gasteiger partial charge in [-0.3, -0.25) is 9.78 Å². The van der Waals surface area contributed by atoms with Crippen molar-refractivity contribution in [3.05, 3.63) is 59.9 Å². The second kappa shape index (κ2) is 9.33. The third kappa shape index (κ3) is 4.65. The Morgan fingerprint density at radius 3 is 2.72 bits per heavy atom. The maximum absolute atomic E-state index is 13.4. The molecule has 1 saturated carbocycles. The number of ether oxygens (including phenoxy) is 1. The van der Waals surface area contributed by atoms with Gasteiger partial charge in [0.1, 0.15) is 11.4 Å². The van der Waals surface area contributed by atoms with E-state index in [1.54, 1.807) is 13.3 Å². The van der Waals surface area contributed by atoms with Crippen LogP contribution in [0.2, 0.25) is 0 Å². The zero-order valence-electron chi connectivity index (χ0n) is 19.5. The number of nitrogens with zero attached hydrogens (tertiary/aromatic N) is 2. The Labute approximate surface area is 190 Å². The molecule has 0 aliphatic heterocycles. The number of hydrogen-bond donors (Lipinski definition) is 2. The minimum Gasteiger partial charge on any atom is -0.497 e. The van der Waals surface area contributed by atoms with Crippen LogP contribution in [-0.4, -0.2) is 46.5 Å². The summed E-state index contributed by atoms with van der Waals surface area (Å²) >= 11 is 0. The molecule has 2 aromatic heterocycles. The summed E-state index contributed by atoms with van der Waals surface area (Å²) in [6, 6.07) is 14.6. The maximum Gasteiger partial charge on any atom is 0.270 e. The minimum absolute atomic E-state index is 0.0607. The summed E-state index contributed by atoms with van der Waals surface area (Å²) in [6.07, 6.45) is 5.98. The monoisotopic (exact) mass is 434 g/mol. The summed E-state index contributed by atoms with van der Waals surface area (Å²) in [5.41, 5.74) is 3.42. The lowest BCUT2D eigenvalue weighted by atomic mass is 9.86. The van der Waals surface area contributed by atoms with Crippen molar-refractivity contribution in [2.24, 2.45) is 0 Å². The van der Waals surface area contributed by atoms with E-state index in [9.17, 15) is 4.79 Å². The molecule has 4 rings (SSSR count). The second-order valence-electron chi connectivity index (χ2n) is 9.23. The van der Waals surface area contributed by atoms with Gasteiger partial charge in [0.05, 0.1) is 18.1 Å². The molecule has 1 aliphatic carbocycles. The molecule has 2 heterocycles. The van der Waals surface area contributed by atoms with Gasteiger partial charge in [-0.1, -0.05) is 12.1 Å². The molecule has 32 heavy (non-hydrogen) atoms. The van der Waals surface area contributed by atoms with Gasteiger partial charge in [0.2, 0.25) is 0 Å². The standard InChI is InChI=1S/C26H34N4O2/c1-5-30(25(31)24-17-23-22(28-24)10-7-15-27-23)20-9-6-8-19(16-20)29-26(2,3)18-11-13-21(32-4)14-12-18/h7,10-15,17,19-20,28-29H,5-6,8-9,16H2,1-4H3. The molecule has 170 valence electrons. The molecule has 1 fully saturated rings. The molecule has 0 bridgehead atoms. The van der Waals surface area contributed by atoms with E-state index in [-0.39, 0.29) is 17.5 Å². The smallest absolute Gasteiger partial charge is 0.270 e. The first kappa shape index (κ1) is 22.3. The van der Waals surface area contributed by atoms with Gasteiger partial charge in [-0.2, -0.15) is 0 Å². The molecule has 1 aromatic carbocycles. The predicted octanol–water partition coefficient (Wildman–Crippen LogP) is 4.87. The van der Waals surface area contributed by atoms with Crippen LogP contribution < -0.4 is 10.1 Å². The van der Waals surface area contributed by atoms with E-state index in [2.05, 4.69) is 48.2 Å². The molecule has 0 spiro atoms. The highest BCUT2D eigenvalue weighted by Crippen LogP contribution is 2.29. The fourth-order valence-electron chi connectivity index (χ4n) is 4.97. The Bertz CT molecular complexity index is 1020. The van der Waals surface area contributed by atoms with Gasteiger partial charge in [0.15, 0.2) is 0 Å². The highest BCUT2D eigenvalue weighted by atomic mass is 16.5. The van der Waals surface area contributed by atoms with Crippen molar-refractivity contribution >= 4 is 16.9 Å². The number of aromatic nitrogens is 2. The molecule has 2 unspecified atom stereocenters. The first-order valence-electron chi connectivity index (χ1n) is 11.6. The van der Waals surface area contributed by atoms with Crippen LogP contribution in [0, 0.1) is 0 Å². The van der Waals surface area contributed by atoms with Gasteiger partial charge in [-0.15, -0.1) is 0 Å². The van der Waals surface area contributed by atoms with E-state index in [0.717, 1.165) is 42.5 Å². The number of aromatic amines is 1. The molecular weight excluding hydrogens is 400 g/mol. The van der Waals surface area contributed by atoms with E-state index in [4.69, 9.17) is 4.74 Å². The first-order chi connectivity index (χ1) is 15.4. The third-order valence-electron chi connectivity index (χ3n) is 6.68. The van der Waals surface area contributed by atoms with E-state index in [1.807, 2.05) is 35.2 Å². The minimum atomic E-state index is -0.164. The number of benzene rings is 1. The molecule has 0 radical (unpaired) electrons. The summed E-state index contributed by atoms with van der Waals surface area (Å²) in [5, 5.41) is 3.86. The van der Waals surface area contributed by atoms with Crippen LogP contribution in [-0.2, 0) is 5.54 Å². The molecule has 6 heteroatoms. The van der Waals surface area contributed by atoms with Crippen LogP contribution in [0.15, 0.2) is 48.7 Å². The number of carbonyl (C=O) groups is 1. The van der Waals surface area contributed by atoms with E-state index in [0.29, 0.717) is 18.3 Å². The Morgan fingerprint density at radius 1 is 1.25 bits per heavy atom. The first-order valence-corrected chi connectivity index (χ1v) is 11.6. The third-order valence-corrected chi connectivity index (χ3v) is 6.68. The number of nitrogens with one attached hydrogen (secondary N) is 2. The fourth-order valence-corrected chi connectivity index (χ4v) is 4.97. The predicted molar refractivity (Wildman–Crippen MR) is 128 cm³/mol. The quantitative estimate of drug-likeness (QED) is 0.557. The van der Waals surface area contributed by atoms with Crippen molar-refractivity contribution in [3.63, 3.8) is 0 Å². The number of methoxy groups -OCH3 is 1. The van der Waals surface area contributed by atoms with Gasteiger partial charge < -0.3 is 19.9 Å². The van der Waals surface area contributed by atoms with Crippen molar-refractivity contribution < 1.29 is 9.53 Å². The van der Waals surface area contributed by atoms with Gasteiger partial charge in [-0.05, 0) is 82.3 Å². The van der Waals surface area contributed by atoms with Crippen molar-refractivity contribution in [2.75, 3.05) is 13.7 Å². The van der Waals surface area contributed by atoms with E-state index < -0.39 is 0 Å². The zero-order valence-corrected chi connectivity index (χ0v) is 19.5. The lowest BCUT2D eigenvalue weighted by Crippen LogP contribution is -2.51. The lowest BCUT2D eigenvalue weighted by Gasteiger charge is -2.40. The molecular formula is C26H34N4O2. The summed E-state index contributed by atoms with van der Waals surface area (Å²) in [7, 11) is 1.69. The van der Waals surface area contributed by atoms with E-state index in [1.165, 1.54) is 5.56 Å². The number of hydrogen-bond acceptors (Lipinski definition) is 4. The van der Waals surface area contributed by atoms with Gasteiger partial charge in [0, 0.05) is 30.4 Å². The Kier molecular flexibility index (Phi) is 6.51. The number of H-pyrrole nitrogens is 1. The van der Waals surface area contributed by atoms with Gasteiger partial charge >= 0.3 is 0 Å². The molecule has 2 atom stereocenters. The van der Waals surface area contributed by atoms with Crippen molar-refractivity contribution in [1.82, 2.24) is 20.2 Å². The molecule has 3 aromatic rings. The molecule has 2 N–H and O–H groups in total. The van der Waals surface area contributed by atoms with Crippen LogP contribution in [0.4, 0.5) is 0 Å². The largest absolute Gasteiger partial charge is 0.497 e. The summed E-state index contributed by atoms with van der Waals surface area (Å²) in [6.45, 7) is 7.20. The number of fused-ring (bicyclic) bond motifs is 1.